The van der Waals surface area contributed by atoms with Gasteiger partial charge in [0.2, 0.25) is 0 Å². The minimum atomic E-state index is 0. The van der Waals surface area contributed by atoms with Crippen LogP contribution in [0.3, 0.4) is 0 Å². The van der Waals surface area contributed by atoms with Gasteiger partial charge in [-0.3, -0.25) is 4.99 Å². The van der Waals surface area contributed by atoms with E-state index in [1.165, 1.54) is 22.0 Å². The standard InChI is InChI=1S/C18H28N4S.HI/c1-4-19-18(20-10-6-12-23-3)21-11-9-15-13-22-16-8-5-7-14(2)17(15)16;/h5,7-8,13,22H,4,6,9-12H2,1-3H3,(H2,19,20,21);1H. The van der Waals surface area contributed by atoms with Crippen LogP contribution in [0.4, 0.5) is 0 Å². The Hall–Kier alpha value is -0.890. The van der Waals surface area contributed by atoms with E-state index >= 15 is 0 Å². The molecule has 0 saturated heterocycles. The number of aliphatic imine (C=N–C) groups is 1. The largest absolute Gasteiger partial charge is 0.361 e. The molecule has 0 amide bonds. The SMILES string of the molecule is CCNC(=NCCCSC)NCCc1c[nH]c2cccc(C)c12.I. The number of guanidine groups is 1. The van der Waals surface area contributed by atoms with Crippen LogP contribution >= 0.6 is 35.7 Å². The van der Waals surface area contributed by atoms with Crippen LogP contribution in [-0.2, 0) is 6.42 Å². The molecule has 2 aromatic rings. The van der Waals surface area contributed by atoms with Crippen molar-refractivity contribution in [1.82, 2.24) is 15.6 Å². The minimum absolute atomic E-state index is 0. The van der Waals surface area contributed by atoms with Crippen LogP contribution in [0, 0.1) is 6.92 Å². The Morgan fingerprint density at radius 3 is 2.88 bits per heavy atom. The third-order valence-corrected chi connectivity index (χ3v) is 4.50. The molecular formula is C18H29IN4S. The fourth-order valence-electron chi connectivity index (χ4n) is 2.71. The summed E-state index contributed by atoms with van der Waals surface area (Å²) < 4.78 is 0. The number of aromatic amines is 1. The van der Waals surface area contributed by atoms with Gasteiger partial charge in [-0.2, -0.15) is 11.8 Å². The van der Waals surface area contributed by atoms with Gasteiger partial charge in [-0.25, -0.2) is 0 Å². The molecule has 24 heavy (non-hydrogen) atoms. The van der Waals surface area contributed by atoms with Crippen molar-refractivity contribution >= 4 is 52.6 Å². The molecule has 0 radical (unpaired) electrons. The van der Waals surface area contributed by atoms with Crippen LogP contribution in [-0.4, -0.2) is 42.6 Å². The molecule has 0 saturated carbocycles. The van der Waals surface area contributed by atoms with E-state index in [9.17, 15) is 0 Å². The number of hydrogen-bond acceptors (Lipinski definition) is 2. The fraction of sp³-hybridized carbons (Fsp3) is 0.500. The maximum absolute atomic E-state index is 4.62. The number of H-pyrrole nitrogens is 1. The highest BCUT2D eigenvalue weighted by atomic mass is 127. The molecule has 2 rings (SSSR count). The van der Waals surface area contributed by atoms with Crippen molar-refractivity contribution in [2.24, 2.45) is 4.99 Å². The molecule has 0 fully saturated rings. The number of nitrogens with one attached hydrogen (secondary N) is 3. The number of fused-ring (bicyclic) bond motifs is 1. The molecule has 1 heterocycles. The molecule has 134 valence electrons. The average Bonchev–Trinajstić information content (AvgIpc) is 2.96. The second-order valence-electron chi connectivity index (χ2n) is 5.60. The summed E-state index contributed by atoms with van der Waals surface area (Å²) in [7, 11) is 0. The number of rotatable bonds is 8. The highest BCUT2D eigenvalue weighted by Crippen LogP contribution is 2.22. The topological polar surface area (TPSA) is 52.2 Å². The molecule has 4 nitrogen and oxygen atoms in total. The molecule has 0 atom stereocenters. The third-order valence-electron chi connectivity index (χ3n) is 3.80. The number of halogens is 1. The Morgan fingerprint density at radius 2 is 2.12 bits per heavy atom. The second kappa shape index (κ2) is 11.6. The Balaban J connectivity index is 0.00000288. The monoisotopic (exact) mass is 460 g/mol. The van der Waals surface area contributed by atoms with E-state index in [0.29, 0.717) is 0 Å². The first-order valence-electron chi connectivity index (χ1n) is 8.33. The van der Waals surface area contributed by atoms with Crippen LogP contribution in [0.25, 0.3) is 10.9 Å². The van der Waals surface area contributed by atoms with Gasteiger partial charge >= 0.3 is 0 Å². The molecule has 0 bridgehead atoms. The molecule has 3 N–H and O–H groups in total. The number of aromatic nitrogens is 1. The lowest BCUT2D eigenvalue weighted by molar-refractivity contribution is 0.796. The lowest BCUT2D eigenvalue weighted by atomic mass is 10.1. The first kappa shape index (κ1) is 21.2. The normalized spacial score (nSPS) is 11.4. The zero-order chi connectivity index (χ0) is 16.5. The summed E-state index contributed by atoms with van der Waals surface area (Å²) in [4.78, 5) is 7.99. The van der Waals surface area contributed by atoms with E-state index < -0.39 is 0 Å². The zero-order valence-corrected chi connectivity index (χ0v) is 18.0. The smallest absolute Gasteiger partial charge is 0.191 e. The van der Waals surface area contributed by atoms with E-state index in [1.54, 1.807) is 0 Å². The lowest BCUT2D eigenvalue weighted by Gasteiger charge is -2.11. The van der Waals surface area contributed by atoms with E-state index in [0.717, 1.165) is 44.2 Å². The van der Waals surface area contributed by atoms with Crippen molar-refractivity contribution in [3.05, 3.63) is 35.5 Å². The molecule has 0 aliphatic carbocycles. The van der Waals surface area contributed by atoms with E-state index in [4.69, 9.17) is 0 Å². The van der Waals surface area contributed by atoms with Crippen molar-refractivity contribution < 1.29 is 0 Å². The summed E-state index contributed by atoms with van der Waals surface area (Å²) in [5, 5.41) is 8.11. The molecule has 0 unspecified atom stereocenters. The van der Waals surface area contributed by atoms with Crippen LogP contribution in [0.5, 0.6) is 0 Å². The van der Waals surface area contributed by atoms with E-state index in [-0.39, 0.29) is 24.0 Å². The third kappa shape index (κ3) is 6.20. The van der Waals surface area contributed by atoms with Gasteiger partial charge in [-0.15, -0.1) is 24.0 Å². The zero-order valence-electron chi connectivity index (χ0n) is 14.8. The van der Waals surface area contributed by atoms with Gasteiger partial charge in [0.25, 0.3) is 0 Å². The van der Waals surface area contributed by atoms with Gasteiger partial charge in [0.15, 0.2) is 5.96 Å². The molecular weight excluding hydrogens is 431 g/mol. The summed E-state index contributed by atoms with van der Waals surface area (Å²) in [6, 6.07) is 6.40. The van der Waals surface area contributed by atoms with Crippen LogP contribution in [0.1, 0.15) is 24.5 Å². The highest BCUT2D eigenvalue weighted by Gasteiger charge is 2.06. The molecule has 1 aromatic heterocycles. The predicted octanol–water partition coefficient (Wildman–Crippen LogP) is 3.95. The Bertz CT molecular complexity index is 639. The van der Waals surface area contributed by atoms with Gasteiger partial charge in [0.1, 0.15) is 0 Å². The summed E-state index contributed by atoms with van der Waals surface area (Å²) >= 11 is 1.87. The number of aryl methyl sites for hydroxylation is 1. The summed E-state index contributed by atoms with van der Waals surface area (Å²) in [6.45, 7) is 6.92. The number of benzene rings is 1. The molecule has 0 aliphatic heterocycles. The number of nitrogens with zero attached hydrogens (tertiary/aromatic N) is 1. The lowest BCUT2D eigenvalue weighted by Crippen LogP contribution is -2.38. The van der Waals surface area contributed by atoms with Crippen LogP contribution < -0.4 is 10.6 Å². The van der Waals surface area contributed by atoms with E-state index in [2.05, 4.69) is 65.1 Å². The predicted molar refractivity (Wildman–Crippen MR) is 119 cm³/mol. The van der Waals surface area contributed by atoms with Gasteiger partial charge < -0.3 is 15.6 Å². The summed E-state index contributed by atoms with van der Waals surface area (Å²) in [6.07, 6.45) is 6.37. The fourth-order valence-corrected chi connectivity index (χ4v) is 3.12. The minimum Gasteiger partial charge on any atom is -0.361 e. The Labute approximate surface area is 166 Å². The maximum Gasteiger partial charge on any atom is 0.191 e. The Kier molecular flexibility index (Phi) is 10.2. The molecule has 6 heteroatoms. The van der Waals surface area contributed by atoms with Crippen molar-refractivity contribution in [1.29, 1.82) is 0 Å². The van der Waals surface area contributed by atoms with E-state index in [1.807, 2.05) is 11.8 Å². The second-order valence-corrected chi connectivity index (χ2v) is 6.58. The van der Waals surface area contributed by atoms with Crippen molar-refractivity contribution in [3.63, 3.8) is 0 Å². The van der Waals surface area contributed by atoms with Gasteiger partial charge in [-0.05, 0) is 55.9 Å². The quantitative estimate of drug-likeness (QED) is 0.242. The van der Waals surface area contributed by atoms with Crippen molar-refractivity contribution in [2.45, 2.75) is 26.7 Å². The van der Waals surface area contributed by atoms with Crippen LogP contribution in [0.15, 0.2) is 29.4 Å². The first-order chi connectivity index (χ1) is 11.3. The summed E-state index contributed by atoms with van der Waals surface area (Å²) in [5.74, 6) is 2.09. The van der Waals surface area contributed by atoms with Crippen molar-refractivity contribution in [3.8, 4) is 0 Å². The first-order valence-corrected chi connectivity index (χ1v) is 9.72. The molecule has 1 aromatic carbocycles. The van der Waals surface area contributed by atoms with Gasteiger partial charge in [-0.1, -0.05) is 12.1 Å². The molecule has 0 aliphatic rings. The highest BCUT2D eigenvalue weighted by molar-refractivity contribution is 14.0. The van der Waals surface area contributed by atoms with Crippen LogP contribution in [0.2, 0.25) is 0 Å². The summed E-state index contributed by atoms with van der Waals surface area (Å²) in [5.41, 5.74) is 3.91. The number of hydrogen-bond donors (Lipinski definition) is 3. The maximum atomic E-state index is 4.62. The van der Waals surface area contributed by atoms with Gasteiger partial charge in [0, 0.05) is 36.7 Å². The van der Waals surface area contributed by atoms with Crippen molar-refractivity contribution in [2.75, 3.05) is 31.6 Å². The van der Waals surface area contributed by atoms with Gasteiger partial charge in [0.05, 0.1) is 0 Å². The Morgan fingerprint density at radius 1 is 1.29 bits per heavy atom. The molecule has 0 spiro atoms. The number of thioether (sulfide) groups is 1. The average molecular weight is 460 g/mol.